The smallest absolute Gasteiger partial charge is 0.399 e. The molecule has 0 unspecified atom stereocenters. The molecule has 112 valence electrons. The third kappa shape index (κ3) is 3.87. The fraction of sp³-hybridized carbons (Fsp3) is 0.267. The maximum Gasteiger partial charge on any atom is 0.418 e. The van der Waals surface area contributed by atoms with Crippen molar-refractivity contribution in [2.75, 3.05) is 24.2 Å². The van der Waals surface area contributed by atoms with Crippen LogP contribution in [0, 0.1) is 0 Å². The number of alkyl halides is 3. The Kier molecular flexibility index (Phi) is 4.35. The Bertz CT molecular complexity index is 597. The lowest BCUT2D eigenvalue weighted by atomic mass is 10.1. The number of hydrogen-bond donors (Lipinski definition) is 1. The van der Waals surface area contributed by atoms with Crippen LogP contribution in [0.5, 0.6) is 0 Å². The summed E-state index contributed by atoms with van der Waals surface area (Å²) in [5.74, 6) is 0. The summed E-state index contributed by atoms with van der Waals surface area (Å²) in [4.78, 5) is 5.73. The second-order valence-corrected chi connectivity index (χ2v) is 4.77. The van der Waals surface area contributed by atoms with Crippen molar-refractivity contribution < 1.29 is 13.2 Å². The highest BCUT2D eigenvalue weighted by atomic mass is 19.4. The molecule has 1 aromatic carbocycles. The zero-order valence-corrected chi connectivity index (χ0v) is 11.6. The van der Waals surface area contributed by atoms with Crippen molar-refractivity contribution in [1.82, 2.24) is 4.98 Å². The first-order valence-corrected chi connectivity index (χ1v) is 6.45. The van der Waals surface area contributed by atoms with Gasteiger partial charge in [-0.3, -0.25) is 4.98 Å². The second-order valence-electron chi connectivity index (χ2n) is 4.77. The average molecular weight is 295 g/mol. The molecule has 3 nitrogen and oxygen atoms in total. The van der Waals surface area contributed by atoms with Gasteiger partial charge in [0.25, 0.3) is 0 Å². The van der Waals surface area contributed by atoms with Gasteiger partial charge in [0.15, 0.2) is 0 Å². The molecule has 0 bridgehead atoms. The summed E-state index contributed by atoms with van der Waals surface area (Å²) in [6, 6.07) is 9.34. The van der Waals surface area contributed by atoms with E-state index in [1.54, 1.807) is 24.2 Å². The van der Waals surface area contributed by atoms with Gasteiger partial charge in [-0.1, -0.05) is 6.07 Å². The molecule has 6 heteroatoms. The number of pyridine rings is 1. The Morgan fingerprint density at radius 1 is 1.19 bits per heavy atom. The zero-order valence-electron chi connectivity index (χ0n) is 11.6. The number of hydrogen-bond acceptors (Lipinski definition) is 3. The largest absolute Gasteiger partial charge is 0.418 e. The number of likely N-dealkylation sites (N-methyl/N-ethyl adjacent to an activating group) is 1. The van der Waals surface area contributed by atoms with Crippen molar-refractivity contribution in [2.45, 2.75) is 12.6 Å². The summed E-state index contributed by atoms with van der Waals surface area (Å²) in [5, 5.41) is 0. The summed E-state index contributed by atoms with van der Waals surface area (Å²) in [6.45, 7) is 0.435. The Hall–Kier alpha value is -2.24. The van der Waals surface area contributed by atoms with E-state index in [2.05, 4.69) is 4.98 Å². The van der Waals surface area contributed by atoms with Crippen molar-refractivity contribution in [2.24, 2.45) is 0 Å². The Balaban J connectivity index is 2.17. The van der Waals surface area contributed by atoms with Gasteiger partial charge in [0.2, 0.25) is 0 Å². The molecule has 1 heterocycles. The van der Waals surface area contributed by atoms with E-state index in [1.165, 1.54) is 12.1 Å². The highest BCUT2D eigenvalue weighted by molar-refractivity contribution is 5.60. The molecule has 2 N–H and O–H groups in total. The van der Waals surface area contributed by atoms with E-state index >= 15 is 0 Å². The van der Waals surface area contributed by atoms with Gasteiger partial charge in [-0.05, 0) is 30.3 Å². The molecule has 0 amide bonds. The first-order chi connectivity index (χ1) is 9.88. The van der Waals surface area contributed by atoms with Crippen LogP contribution in [0.1, 0.15) is 11.3 Å². The monoisotopic (exact) mass is 295 g/mol. The molecule has 2 aromatic rings. The lowest BCUT2D eigenvalue weighted by Crippen LogP contribution is -2.24. The van der Waals surface area contributed by atoms with Crippen LogP contribution in [-0.2, 0) is 12.6 Å². The van der Waals surface area contributed by atoms with Gasteiger partial charge >= 0.3 is 6.18 Å². The van der Waals surface area contributed by atoms with Crippen molar-refractivity contribution in [3.63, 3.8) is 0 Å². The fourth-order valence-electron chi connectivity index (χ4n) is 2.06. The minimum absolute atomic E-state index is 0.101. The highest BCUT2D eigenvalue weighted by Gasteiger charge is 2.34. The molecular weight excluding hydrogens is 279 g/mol. The summed E-state index contributed by atoms with van der Waals surface area (Å²) >= 11 is 0. The SMILES string of the molecule is CN(CCc1ccccn1)c1ccc(N)cc1C(F)(F)F. The minimum atomic E-state index is -4.43. The van der Waals surface area contributed by atoms with Gasteiger partial charge < -0.3 is 10.6 Å². The van der Waals surface area contributed by atoms with Gasteiger partial charge in [0.05, 0.1) is 5.56 Å². The number of nitrogens with two attached hydrogens (primary N) is 1. The Morgan fingerprint density at radius 2 is 1.95 bits per heavy atom. The topological polar surface area (TPSA) is 42.2 Å². The van der Waals surface area contributed by atoms with E-state index in [1.807, 2.05) is 12.1 Å². The first-order valence-electron chi connectivity index (χ1n) is 6.45. The van der Waals surface area contributed by atoms with Gasteiger partial charge in [-0.15, -0.1) is 0 Å². The third-order valence-corrected chi connectivity index (χ3v) is 3.17. The number of benzene rings is 1. The zero-order chi connectivity index (χ0) is 15.5. The molecule has 0 saturated heterocycles. The van der Waals surface area contributed by atoms with Crippen LogP contribution >= 0.6 is 0 Å². The number of aromatic nitrogens is 1. The molecule has 0 aliphatic rings. The van der Waals surface area contributed by atoms with Gasteiger partial charge in [0, 0.05) is 43.3 Å². The fourth-order valence-corrected chi connectivity index (χ4v) is 2.06. The third-order valence-electron chi connectivity index (χ3n) is 3.17. The van der Waals surface area contributed by atoms with E-state index < -0.39 is 11.7 Å². The number of halogens is 3. The van der Waals surface area contributed by atoms with Gasteiger partial charge in [-0.2, -0.15) is 13.2 Å². The molecule has 2 rings (SSSR count). The van der Waals surface area contributed by atoms with Crippen molar-refractivity contribution in [1.29, 1.82) is 0 Å². The van der Waals surface area contributed by atoms with E-state index in [9.17, 15) is 13.2 Å². The molecule has 0 fully saturated rings. The van der Waals surface area contributed by atoms with Crippen LogP contribution < -0.4 is 10.6 Å². The quantitative estimate of drug-likeness (QED) is 0.879. The minimum Gasteiger partial charge on any atom is -0.399 e. The number of rotatable bonds is 4. The van der Waals surface area contributed by atoms with Crippen LogP contribution in [0.4, 0.5) is 24.5 Å². The summed E-state index contributed by atoms with van der Waals surface area (Å²) in [6.07, 6.45) is -2.19. The maximum atomic E-state index is 13.1. The van der Waals surface area contributed by atoms with Crippen molar-refractivity contribution in [3.8, 4) is 0 Å². The predicted octanol–water partition coefficient (Wildman–Crippen LogP) is 3.36. The number of anilines is 2. The molecule has 0 spiro atoms. The standard InChI is InChI=1S/C15H16F3N3/c1-21(9-7-12-4-2-3-8-20-12)14-6-5-11(19)10-13(14)15(16,17)18/h2-6,8,10H,7,9,19H2,1H3. The predicted molar refractivity (Wildman–Crippen MR) is 77.1 cm³/mol. The van der Waals surface area contributed by atoms with Crippen LogP contribution in [-0.4, -0.2) is 18.6 Å². The molecule has 1 aromatic heterocycles. The molecule has 0 atom stereocenters. The Labute approximate surface area is 121 Å². The van der Waals surface area contributed by atoms with E-state index in [4.69, 9.17) is 5.73 Å². The summed E-state index contributed by atoms with van der Waals surface area (Å²) in [5.41, 5.74) is 5.80. The normalized spacial score (nSPS) is 11.4. The van der Waals surface area contributed by atoms with E-state index in [0.717, 1.165) is 11.8 Å². The Morgan fingerprint density at radius 3 is 2.57 bits per heavy atom. The molecular formula is C15H16F3N3. The van der Waals surface area contributed by atoms with E-state index in [-0.39, 0.29) is 11.4 Å². The first kappa shape index (κ1) is 15.2. The molecule has 0 aliphatic heterocycles. The number of nitrogen functional groups attached to an aromatic ring is 1. The molecule has 21 heavy (non-hydrogen) atoms. The lowest BCUT2D eigenvalue weighted by molar-refractivity contribution is -0.137. The van der Waals surface area contributed by atoms with Crippen LogP contribution in [0.3, 0.4) is 0 Å². The highest BCUT2D eigenvalue weighted by Crippen LogP contribution is 2.37. The van der Waals surface area contributed by atoms with Gasteiger partial charge in [0.1, 0.15) is 0 Å². The number of nitrogens with zero attached hydrogens (tertiary/aromatic N) is 2. The maximum absolute atomic E-state index is 13.1. The van der Waals surface area contributed by atoms with Gasteiger partial charge in [-0.25, -0.2) is 0 Å². The summed E-state index contributed by atoms with van der Waals surface area (Å²) < 4.78 is 39.2. The lowest BCUT2D eigenvalue weighted by Gasteiger charge is -2.23. The molecule has 0 radical (unpaired) electrons. The molecule has 0 saturated carbocycles. The second kappa shape index (κ2) is 6.03. The van der Waals surface area contributed by atoms with Crippen molar-refractivity contribution >= 4 is 11.4 Å². The van der Waals surface area contributed by atoms with Crippen LogP contribution in [0.2, 0.25) is 0 Å². The molecule has 0 aliphatic carbocycles. The van der Waals surface area contributed by atoms with Crippen molar-refractivity contribution in [3.05, 3.63) is 53.9 Å². The average Bonchev–Trinajstić information content (AvgIpc) is 2.45. The van der Waals surface area contributed by atoms with Crippen LogP contribution in [0.15, 0.2) is 42.6 Å². The summed E-state index contributed by atoms with van der Waals surface area (Å²) in [7, 11) is 1.63. The van der Waals surface area contributed by atoms with Crippen LogP contribution in [0.25, 0.3) is 0 Å². The van der Waals surface area contributed by atoms with E-state index in [0.29, 0.717) is 13.0 Å².